The number of ether oxygens (including phenoxy) is 1. The van der Waals surface area contributed by atoms with Gasteiger partial charge in [-0.15, -0.1) is 12.4 Å². The normalized spacial score (nSPS) is 20.3. The molecule has 0 radical (unpaired) electrons. The fourth-order valence-electron chi connectivity index (χ4n) is 4.69. The Morgan fingerprint density at radius 1 is 1.00 bits per heavy atom. The summed E-state index contributed by atoms with van der Waals surface area (Å²) in [4.78, 5) is 30.6. The predicted octanol–water partition coefficient (Wildman–Crippen LogP) is 4.01. The standard InChI is InChI=1S/C26H32N2O3.ClH/c1-20(23-10-5-11-24(17-23)25(29)22-8-3-2-4-9-22)26(30)28-12-6-7-21(19-28)18-27-13-15-31-16-14-27;/h2-5,8-11,17,20-21H,6-7,12-16,18-19H2,1H3;1H. The van der Waals surface area contributed by atoms with Crippen molar-refractivity contribution in [3.63, 3.8) is 0 Å². The Kier molecular flexibility index (Phi) is 8.85. The van der Waals surface area contributed by atoms with E-state index in [-0.39, 0.29) is 30.0 Å². The Morgan fingerprint density at radius 2 is 1.72 bits per heavy atom. The number of carbonyl (C=O) groups is 2. The van der Waals surface area contributed by atoms with Gasteiger partial charge < -0.3 is 9.64 Å². The van der Waals surface area contributed by atoms with Gasteiger partial charge in [-0.1, -0.05) is 48.5 Å². The van der Waals surface area contributed by atoms with E-state index in [2.05, 4.69) is 4.90 Å². The van der Waals surface area contributed by atoms with Crippen molar-refractivity contribution in [2.24, 2.45) is 5.92 Å². The molecule has 2 fully saturated rings. The molecule has 2 aliphatic rings. The maximum absolute atomic E-state index is 13.3. The van der Waals surface area contributed by atoms with Crippen molar-refractivity contribution < 1.29 is 14.3 Å². The summed E-state index contributed by atoms with van der Waals surface area (Å²) in [6.07, 6.45) is 2.23. The Bertz CT molecular complexity index is 899. The van der Waals surface area contributed by atoms with Crippen LogP contribution in [-0.4, -0.2) is 67.4 Å². The van der Waals surface area contributed by atoms with Crippen molar-refractivity contribution in [1.29, 1.82) is 0 Å². The van der Waals surface area contributed by atoms with Crippen LogP contribution in [0.5, 0.6) is 0 Å². The van der Waals surface area contributed by atoms with E-state index in [1.54, 1.807) is 0 Å². The van der Waals surface area contributed by atoms with Crippen molar-refractivity contribution in [3.8, 4) is 0 Å². The molecule has 2 saturated heterocycles. The van der Waals surface area contributed by atoms with Gasteiger partial charge in [-0.05, 0) is 37.3 Å². The molecule has 0 saturated carbocycles. The molecule has 172 valence electrons. The highest BCUT2D eigenvalue weighted by atomic mass is 35.5. The second kappa shape index (κ2) is 11.6. The van der Waals surface area contributed by atoms with Crippen molar-refractivity contribution in [2.75, 3.05) is 45.9 Å². The minimum Gasteiger partial charge on any atom is -0.379 e. The number of nitrogens with zero attached hydrogens (tertiary/aromatic N) is 2. The SMILES string of the molecule is CC(C(=O)N1CCCC(CN2CCOCC2)C1)c1cccc(C(=O)c2ccccc2)c1.Cl. The molecule has 5 nitrogen and oxygen atoms in total. The minimum absolute atomic E-state index is 0. The molecule has 2 aliphatic heterocycles. The van der Waals surface area contributed by atoms with Gasteiger partial charge in [-0.2, -0.15) is 0 Å². The van der Waals surface area contributed by atoms with Crippen LogP contribution in [0.4, 0.5) is 0 Å². The number of likely N-dealkylation sites (tertiary alicyclic amines) is 1. The first-order chi connectivity index (χ1) is 15.1. The molecule has 2 aromatic rings. The number of piperidine rings is 1. The van der Waals surface area contributed by atoms with Gasteiger partial charge in [0.15, 0.2) is 5.78 Å². The van der Waals surface area contributed by atoms with Crippen LogP contribution in [0.3, 0.4) is 0 Å². The average molecular weight is 457 g/mol. The molecule has 2 atom stereocenters. The van der Waals surface area contributed by atoms with Gasteiger partial charge in [0.2, 0.25) is 5.91 Å². The molecule has 0 aromatic heterocycles. The maximum Gasteiger partial charge on any atom is 0.229 e. The smallest absolute Gasteiger partial charge is 0.229 e. The number of ketones is 1. The lowest BCUT2D eigenvalue weighted by molar-refractivity contribution is -0.134. The summed E-state index contributed by atoms with van der Waals surface area (Å²) in [5.41, 5.74) is 2.20. The van der Waals surface area contributed by atoms with E-state index >= 15 is 0 Å². The molecular weight excluding hydrogens is 424 g/mol. The van der Waals surface area contributed by atoms with Crippen molar-refractivity contribution >= 4 is 24.1 Å². The molecule has 0 N–H and O–H groups in total. The Hall–Kier alpha value is -2.21. The molecule has 0 spiro atoms. The number of amides is 1. The Morgan fingerprint density at radius 3 is 2.47 bits per heavy atom. The monoisotopic (exact) mass is 456 g/mol. The molecule has 0 aliphatic carbocycles. The van der Waals surface area contributed by atoms with Crippen LogP contribution in [0.2, 0.25) is 0 Å². The Balaban J connectivity index is 0.00000289. The third kappa shape index (κ3) is 5.97. The van der Waals surface area contributed by atoms with E-state index in [1.807, 2.05) is 66.4 Å². The van der Waals surface area contributed by atoms with Crippen LogP contribution in [0.15, 0.2) is 54.6 Å². The number of carbonyl (C=O) groups excluding carboxylic acids is 2. The number of morpholine rings is 1. The van der Waals surface area contributed by atoms with E-state index in [0.29, 0.717) is 17.0 Å². The summed E-state index contributed by atoms with van der Waals surface area (Å²) in [6.45, 7) is 8.25. The summed E-state index contributed by atoms with van der Waals surface area (Å²) in [6, 6.07) is 16.8. The highest BCUT2D eigenvalue weighted by Gasteiger charge is 2.29. The van der Waals surface area contributed by atoms with Crippen LogP contribution >= 0.6 is 12.4 Å². The van der Waals surface area contributed by atoms with Gasteiger partial charge in [0.1, 0.15) is 0 Å². The van der Waals surface area contributed by atoms with Crippen molar-refractivity contribution in [3.05, 3.63) is 71.3 Å². The third-order valence-electron chi connectivity index (χ3n) is 6.51. The number of halogens is 1. The fraction of sp³-hybridized carbons (Fsp3) is 0.462. The largest absolute Gasteiger partial charge is 0.379 e. The van der Waals surface area contributed by atoms with E-state index in [4.69, 9.17) is 4.74 Å². The van der Waals surface area contributed by atoms with E-state index in [0.717, 1.165) is 57.9 Å². The van der Waals surface area contributed by atoms with Crippen LogP contribution < -0.4 is 0 Å². The number of rotatable bonds is 6. The topological polar surface area (TPSA) is 49.9 Å². The van der Waals surface area contributed by atoms with Crippen LogP contribution in [-0.2, 0) is 9.53 Å². The molecule has 32 heavy (non-hydrogen) atoms. The minimum atomic E-state index is -0.259. The lowest BCUT2D eigenvalue weighted by Crippen LogP contribution is -2.47. The van der Waals surface area contributed by atoms with Crippen molar-refractivity contribution in [2.45, 2.75) is 25.7 Å². The van der Waals surface area contributed by atoms with Crippen LogP contribution in [0, 0.1) is 5.92 Å². The lowest BCUT2D eigenvalue weighted by atomic mass is 9.92. The molecule has 4 rings (SSSR count). The first kappa shape index (κ1) is 24.4. The summed E-state index contributed by atoms with van der Waals surface area (Å²) in [5, 5.41) is 0. The molecule has 1 amide bonds. The molecule has 2 heterocycles. The number of hydrogen-bond acceptors (Lipinski definition) is 4. The predicted molar refractivity (Wildman–Crippen MR) is 129 cm³/mol. The van der Waals surface area contributed by atoms with Crippen LogP contribution in [0.25, 0.3) is 0 Å². The van der Waals surface area contributed by atoms with Crippen molar-refractivity contribution in [1.82, 2.24) is 9.80 Å². The summed E-state index contributed by atoms with van der Waals surface area (Å²) < 4.78 is 5.45. The highest BCUT2D eigenvalue weighted by Crippen LogP contribution is 2.25. The average Bonchev–Trinajstić information content (AvgIpc) is 2.84. The van der Waals surface area contributed by atoms with Gasteiger partial charge in [-0.25, -0.2) is 0 Å². The van der Waals surface area contributed by atoms with Gasteiger partial charge in [0, 0.05) is 43.9 Å². The van der Waals surface area contributed by atoms with Gasteiger partial charge in [0.05, 0.1) is 19.1 Å². The second-order valence-corrected chi connectivity index (χ2v) is 8.75. The zero-order chi connectivity index (χ0) is 21.6. The summed E-state index contributed by atoms with van der Waals surface area (Å²) in [5.74, 6) is 0.418. The van der Waals surface area contributed by atoms with E-state index in [1.165, 1.54) is 6.42 Å². The van der Waals surface area contributed by atoms with Crippen LogP contribution in [0.1, 0.15) is 47.2 Å². The fourth-order valence-corrected chi connectivity index (χ4v) is 4.69. The summed E-state index contributed by atoms with van der Waals surface area (Å²) in [7, 11) is 0. The van der Waals surface area contributed by atoms with Gasteiger partial charge in [-0.3, -0.25) is 14.5 Å². The Labute approximate surface area is 197 Å². The summed E-state index contributed by atoms with van der Waals surface area (Å²) >= 11 is 0. The quantitative estimate of drug-likeness (QED) is 0.616. The highest BCUT2D eigenvalue weighted by molar-refractivity contribution is 6.09. The van der Waals surface area contributed by atoms with E-state index in [9.17, 15) is 9.59 Å². The number of benzene rings is 2. The molecule has 0 bridgehead atoms. The van der Waals surface area contributed by atoms with E-state index < -0.39 is 0 Å². The lowest BCUT2D eigenvalue weighted by Gasteiger charge is -2.37. The first-order valence-corrected chi connectivity index (χ1v) is 11.4. The van der Waals surface area contributed by atoms with Gasteiger partial charge >= 0.3 is 0 Å². The molecular formula is C26H33ClN2O3. The maximum atomic E-state index is 13.3. The zero-order valence-corrected chi connectivity index (χ0v) is 19.6. The van der Waals surface area contributed by atoms with Gasteiger partial charge in [0.25, 0.3) is 0 Å². The molecule has 2 aromatic carbocycles. The third-order valence-corrected chi connectivity index (χ3v) is 6.51. The zero-order valence-electron chi connectivity index (χ0n) is 18.7. The molecule has 2 unspecified atom stereocenters. The first-order valence-electron chi connectivity index (χ1n) is 11.4. The number of hydrogen-bond donors (Lipinski definition) is 0. The second-order valence-electron chi connectivity index (χ2n) is 8.75. The molecule has 6 heteroatoms.